The van der Waals surface area contributed by atoms with Crippen LogP contribution in [0.2, 0.25) is 0 Å². The van der Waals surface area contributed by atoms with Gasteiger partial charge in [0, 0.05) is 27.1 Å². The van der Waals surface area contributed by atoms with Gasteiger partial charge in [0.1, 0.15) is 29.9 Å². The fourth-order valence-corrected chi connectivity index (χ4v) is 6.97. The van der Waals surface area contributed by atoms with Gasteiger partial charge in [0.15, 0.2) is 10.8 Å². The number of anilines is 1. The van der Waals surface area contributed by atoms with E-state index in [4.69, 9.17) is 20.0 Å². The number of thiazole rings is 2. The molecule has 41 heavy (non-hydrogen) atoms. The van der Waals surface area contributed by atoms with E-state index < -0.39 is 47.4 Å². The second-order valence-corrected chi connectivity index (χ2v) is 13.3. The van der Waals surface area contributed by atoms with E-state index in [0.717, 1.165) is 16.2 Å². The summed E-state index contributed by atoms with van der Waals surface area (Å²) in [4.78, 5) is 67.3. The fraction of sp³-hybridized carbons (Fsp3) is 0.375. The van der Waals surface area contributed by atoms with Gasteiger partial charge in [-0.3, -0.25) is 24.3 Å². The number of hydrogen-bond acceptors (Lipinski definition) is 15. The van der Waals surface area contributed by atoms with E-state index >= 15 is 0 Å². The Morgan fingerprint density at radius 1 is 1.29 bits per heavy atom. The zero-order chi connectivity index (χ0) is 29.7. The van der Waals surface area contributed by atoms with Crippen molar-refractivity contribution in [2.45, 2.75) is 32.2 Å². The van der Waals surface area contributed by atoms with E-state index in [9.17, 15) is 19.2 Å². The number of oxime groups is 1. The number of hydrogen-bond donors (Lipinski definition) is 2. The highest BCUT2D eigenvalue weighted by Gasteiger charge is 2.55. The van der Waals surface area contributed by atoms with Gasteiger partial charge in [-0.1, -0.05) is 16.9 Å². The Balaban J connectivity index is 1.51. The van der Waals surface area contributed by atoms with Gasteiger partial charge in [0.25, 0.3) is 11.8 Å². The van der Waals surface area contributed by atoms with Gasteiger partial charge < -0.3 is 25.4 Å². The number of thioether (sulfide) groups is 2. The maximum absolute atomic E-state index is 13.3. The second-order valence-electron chi connectivity index (χ2n) is 9.38. The number of amides is 2. The summed E-state index contributed by atoms with van der Waals surface area (Å²) in [5.74, 6) is -2.23. The van der Waals surface area contributed by atoms with Gasteiger partial charge >= 0.3 is 11.9 Å². The number of fused-ring (bicyclic) bond motifs is 1. The molecule has 2 aromatic heterocycles. The lowest BCUT2D eigenvalue weighted by Crippen LogP contribution is -2.71. The van der Waals surface area contributed by atoms with Crippen LogP contribution < -0.4 is 11.1 Å². The van der Waals surface area contributed by atoms with Crippen LogP contribution in [0, 0.1) is 5.41 Å². The molecule has 0 saturated carbocycles. The van der Waals surface area contributed by atoms with Gasteiger partial charge in [0.2, 0.25) is 6.79 Å². The number of nitrogen functional groups attached to an aromatic ring is 1. The molecule has 2 aliphatic heterocycles. The number of esters is 2. The first-order chi connectivity index (χ1) is 19.5. The lowest BCUT2D eigenvalue weighted by Gasteiger charge is -2.49. The molecule has 0 aliphatic carbocycles. The van der Waals surface area contributed by atoms with Crippen LogP contribution in [0.25, 0.3) is 6.08 Å². The summed E-state index contributed by atoms with van der Waals surface area (Å²) in [6, 6.07) is -0.952. The first kappa shape index (κ1) is 30.5. The quantitative estimate of drug-likeness (QED) is 0.128. The predicted octanol–water partition coefficient (Wildman–Crippen LogP) is 2.64. The summed E-state index contributed by atoms with van der Waals surface area (Å²) in [6.45, 7) is 4.41. The van der Waals surface area contributed by atoms with Gasteiger partial charge in [-0.05, 0) is 32.3 Å². The second kappa shape index (κ2) is 13.1. The Bertz CT molecular complexity index is 1410. The maximum atomic E-state index is 13.3. The molecular formula is C24H26N6O7S4. The zero-order valence-electron chi connectivity index (χ0n) is 22.3. The lowest BCUT2D eigenvalue weighted by molar-refractivity contribution is -0.173. The molecule has 2 aromatic rings. The molecule has 2 atom stereocenters. The molecule has 0 bridgehead atoms. The van der Waals surface area contributed by atoms with Crippen LogP contribution in [-0.2, 0) is 33.5 Å². The number of nitrogens with one attached hydrogen (secondary N) is 1. The van der Waals surface area contributed by atoms with E-state index in [2.05, 4.69) is 20.4 Å². The van der Waals surface area contributed by atoms with Crippen molar-refractivity contribution in [1.82, 2.24) is 20.2 Å². The first-order valence-electron chi connectivity index (χ1n) is 11.9. The average Bonchev–Trinajstić information content (AvgIpc) is 3.61. The molecular weight excluding hydrogens is 613 g/mol. The Morgan fingerprint density at radius 2 is 2.07 bits per heavy atom. The van der Waals surface area contributed by atoms with Crippen LogP contribution >= 0.6 is 46.2 Å². The standard InChI is InChI=1S/C24H26N6O7S4/c1-24(2,3)22(34)37-11-36-21(33)17-14(38-6-5-12-7-26-10-41-12)9-39-20-16(19(32)30(17)20)28-18(31)15(29-35-4)13-8-40-23(25)27-13/h5-8,10,16,20H,9,11H2,1-4H3,(H2,25,27)(H,28,31)/b6-5-,29-15-/t16-,20-/m1/s1. The van der Waals surface area contributed by atoms with Gasteiger partial charge in [-0.15, -0.1) is 34.4 Å². The van der Waals surface area contributed by atoms with E-state index in [1.54, 1.807) is 43.3 Å². The summed E-state index contributed by atoms with van der Waals surface area (Å²) in [6.07, 6.45) is 3.54. The van der Waals surface area contributed by atoms with Gasteiger partial charge in [-0.25, -0.2) is 9.78 Å². The van der Waals surface area contributed by atoms with E-state index in [0.29, 0.717) is 10.7 Å². The van der Waals surface area contributed by atoms with Crippen molar-refractivity contribution in [3.63, 3.8) is 0 Å². The molecule has 1 saturated heterocycles. The van der Waals surface area contributed by atoms with Crippen molar-refractivity contribution in [3.8, 4) is 0 Å². The number of carbonyl (C=O) groups excluding carboxylic acids is 4. The van der Waals surface area contributed by atoms with Crippen molar-refractivity contribution in [3.05, 3.63) is 43.7 Å². The minimum Gasteiger partial charge on any atom is -0.427 e. The number of nitrogens with zero attached hydrogens (tertiary/aromatic N) is 4. The van der Waals surface area contributed by atoms with E-state index in [1.807, 2.05) is 6.08 Å². The number of aromatic nitrogens is 2. The molecule has 3 N–H and O–H groups in total. The SMILES string of the molecule is CO/N=C(\C(=O)N[C@@H]1C(=O)N2C(C(=O)OCOC(=O)C(C)(C)C)=C(S/C=C\c3cncs3)CS[C@H]12)c1csc(N)n1. The monoisotopic (exact) mass is 638 g/mol. The molecule has 2 aliphatic rings. The van der Waals surface area contributed by atoms with Crippen LogP contribution in [0.1, 0.15) is 31.3 Å². The molecule has 13 nitrogen and oxygen atoms in total. The molecule has 17 heteroatoms. The third-order valence-corrected chi connectivity index (χ3v) is 9.23. The summed E-state index contributed by atoms with van der Waals surface area (Å²) in [5.41, 5.74) is 6.68. The van der Waals surface area contributed by atoms with Crippen LogP contribution in [0.5, 0.6) is 0 Å². The topological polar surface area (TPSA) is 175 Å². The third-order valence-electron chi connectivity index (χ3n) is 5.46. The molecule has 218 valence electrons. The number of nitrogens with two attached hydrogens (primary N) is 1. The van der Waals surface area contributed by atoms with E-state index in [-0.39, 0.29) is 22.2 Å². The largest absolute Gasteiger partial charge is 0.427 e. The van der Waals surface area contributed by atoms with Crippen molar-refractivity contribution in [2.24, 2.45) is 10.6 Å². The third kappa shape index (κ3) is 7.09. The van der Waals surface area contributed by atoms with Crippen LogP contribution in [-0.4, -0.2) is 75.4 Å². The average molecular weight is 639 g/mol. The Labute approximate surface area is 251 Å². The number of β-lactam (4-membered cyclic amide) rings is 1. The van der Waals surface area contributed by atoms with E-state index in [1.165, 1.54) is 46.9 Å². The number of rotatable bonds is 10. The molecule has 2 amide bonds. The predicted molar refractivity (Wildman–Crippen MR) is 157 cm³/mol. The summed E-state index contributed by atoms with van der Waals surface area (Å²) in [5, 5.41) is 9.38. The first-order valence-corrected chi connectivity index (χ1v) is 15.6. The van der Waals surface area contributed by atoms with Crippen molar-refractivity contribution in [2.75, 3.05) is 25.4 Å². The zero-order valence-corrected chi connectivity index (χ0v) is 25.6. The summed E-state index contributed by atoms with van der Waals surface area (Å²) >= 11 is 5.20. The van der Waals surface area contributed by atoms with Crippen molar-refractivity contribution < 1.29 is 33.5 Å². The molecule has 4 heterocycles. The van der Waals surface area contributed by atoms with Crippen molar-refractivity contribution >= 4 is 86.9 Å². The minimum absolute atomic E-state index is 0.0214. The molecule has 0 unspecified atom stereocenters. The molecule has 0 aromatic carbocycles. The van der Waals surface area contributed by atoms with Crippen LogP contribution in [0.3, 0.4) is 0 Å². The van der Waals surface area contributed by atoms with Crippen molar-refractivity contribution in [1.29, 1.82) is 0 Å². The Hall–Kier alpha value is -3.41. The summed E-state index contributed by atoms with van der Waals surface area (Å²) < 4.78 is 10.3. The smallest absolute Gasteiger partial charge is 0.358 e. The van der Waals surface area contributed by atoms with Crippen LogP contribution in [0.15, 0.2) is 38.3 Å². The van der Waals surface area contributed by atoms with Gasteiger partial charge in [0.05, 0.1) is 10.9 Å². The minimum atomic E-state index is -0.952. The highest BCUT2D eigenvalue weighted by Crippen LogP contribution is 2.44. The lowest BCUT2D eigenvalue weighted by atomic mass is 9.98. The van der Waals surface area contributed by atoms with Crippen LogP contribution in [0.4, 0.5) is 5.13 Å². The maximum Gasteiger partial charge on any atom is 0.358 e. The molecule has 1 fully saturated rings. The number of carbonyl (C=O) groups is 4. The molecule has 4 rings (SSSR count). The Kier molecular flexibility index (Phi) is 9.72. The number of ether oxygens (including phenoxy) is 2. The highest BCUT2D eigenvalue weighted by atomic mass is 32.2. The fourth-order valence-electron chi connectivity index (χ4n) is 3.49. The Morgan fingerprint density at radius 3 is 2.71 bits per heavy atom. The normalized spacial score (nSPS) is 19.1. The summed E-state index contributed by atoms with van der Waals surface area (Å²) in [7, 11) is 1.28. The molecule has 0 radical (unpaired) electrons. The molecule has 0 spiro atoms. The van der Waals surface area contributed by atoms with Gasteiger partial charge in [-0.2, -0.15) is 0 Å². The highest BCUT2D eigenvalue weighted by molar-refractivity contribution is 8.08.